The third kappa shape index (κ3) is 1.47. The van der Waals surface area contributed by atoms with Crippen LogP contribution in [-0.4, -0.2) is 14.9 Å². The Kier molecular flexibility index (Phi) is 2.05. The molecule has 0 saturated carbocycles. The fourth-order valence-corrected chi connectivity index (χ4v) is 1.75. The molecule has 0 aliphatic carbocycles. The third-order valence-electron chi connectivity index (χ3n) is 1.65. The maximum Gasteiger partial charge on any atom is 0.176 e. The van der Waals surface area contributed by atoms with Crippen LogP contribution in [0.25, 0.3) is 0 Å². The van der Waals surface area contributed by atoms with Crippen molar-refractivity contribution in [3.8, 4) is 0 Å². The van der Waals surface area contributed by atoms with Crippen LogP contribution in [0.5, 0.6) is 0 Å². The molecule has 0 aromatic rings. The molecule has 1 saturated heterocycles. The van der Waals surface area contributed by atoms with Gasteiger partial charge in [-0.25, -0.2) is 0 Å². The number of thiol groups is 1. The van der Waals surface area contributed by atoms with E-state index in [1.165, 1.54) is 0 Å². The second kappa shape index (κ2) is 2.34. The molecule has 1 aliphatic heterocycles. The fraction of sp³-hybridized carbons (Fsp3) is 0.833. The van der Waals surface area contributed by atoms with E-state index in [1.54, 1.807) is 0 Å². The Morgan fingerprint density at radius 3 is 2.20 bits per heavy atom. The van der Waals surface area contributed by atoms with Crippen LogP contribution in [0, 0.1) is 0 Å². The Morgan fingerprint density at radius 1 is 1.70 bits per heavy atom. The largest absolute Gasteiger partial charge is 0.346 e. The van der Waals surface area contributed by atoms with Gasteiger partial charge in [-0.3, -0.25) is 0 Å². The van der Waals surface area contributed by atoms with Gasteiger partial charge in [0.1, 0.15) is 5.60 Å². The molecule has 1 unspecified atom stereocenters. The van der Waals surface area contributed by atoms with Gasteiger partial charge in [0.05, 0.1) is 0 Å². The van der Waals surface area contributed by atoms with Crippen LogP contribution in [-0.2, 0) is 4.74 Å². The number of epoxide rings is 1. The lowest BCUT2D eigenvalue weighted by Gasteiger charge is -2.02. The van der Waals surface area contributed by atoms with Crippen LogP contribution in [0.4, 0.5) is 0 Å². The Labute approximate surface area is 76.5 Å². The van der Waals surface area contributed by atoms with Crippen LogP contribution in [0.3, 0.4) is 0 Å². The molecule has 1 heterocycles. The van der Waals surface area contributed by atoms with E-state index in [2.05, 4.69) is 12.6 Å². The molecule has 1 nitrogen and oxygen atoms in total. The zero-order chi connectivity index (χ0) is 7.99. The first-order valence-electron chi connectivity index (χ1n) is 2.98. The average molecular weight is 197 g/mol. The molecule has 0 N–H and O–H groups in total. The first kappa shape index (κ1) is 8.78. The third-order valence-corrected chi connectivity index (χ3v) is 2.62. The van der Waals surface area contributed by atoms with E-state index in [0.29, 0.717) is 10.6 Å². The minimum Gasteiger partial charge on any atom is -0.346 e. The maximum absolute atomic E-state index is 5.97. The lowest BCUT2D eigenvalue weighted by Crippen LogP contribution is -2.15. The normalized spacial score (nSPS) is 35.6. The van der Waals surface area contributed by atoms with Crippen molar-refractivity contribution in [1.82, 2.24) is 0 Å². The van der Waals surface area contributed by atoms with Gasteiger partial charge >= 0.3 is 0 Å². The maximum atomic E-state index is 5.97. The summed E-state index contributed by atoms with van der Waals surface area (Å²) < 4.78 is 5.83. The number of thiocarbonyl (C=S) groups is 1. The van der Waals surface area contributed by atoms with Gasteiger partial charge < -0.3 is 4.74 Å². The molecule has 0 aromatic heterocycles. The Bertz CT molecular complexity index is 181. The smallest absolute Gasteiger partial charge is 0.176 e. The molecule has 0 bridgehead atoms. The molecule has 1 fully saturated rings. The number of hydrogen-bond acceptors (Lipinski definition) is 2. The van der Waals surface area contributed by atoms with Crippen LogP contribution >= 0.6 is 36.4 Å². The van der Waals surface area contributed by atoms with Gasteiger partial charge in [-0.1, -0.05) is 23.8 Å². The molecule has 1 aliphatic rings. The summed E-state index contributed by atoms with van der Waals surface area (Å²) >= 11 is 14.7. The van der Waals surface area contributed by atoms with E-state index in [4.69, 9.17) is 28.6 Å². The standard InChI is InChI=1S/C6H9ClOS2/c1-5(2)6(7,8-5)3-4(9)10/h3H2,1-2H3,(H,9,10). The van der Waals surface area contributed by atoms with Crippen molar-refractivity contribution in [2.45, 2.75) is 30.9 Å². The zero-order valence-electron chi connectivity index (χ0n) is 5.85. The second-order valence-corrected chi connectivity index (χ2v) is 4.86. The van der Waals surface area contributed by atoms with Gasteiger partial charge in [0.15, 0.2) is 5.06 Å². The highest BCUT2D eigenvalue weighted by Crippen LogP contribution is 2.53. The lowest BCUT2D eigenvalue weighted by molar-refractivity contribution is 0.315. The molecular weight excluding hydrogens is 188 g/mol. The number of halogens is 1. The molecule has 0 radical (unpaired) electrons. The van der Waals surface area contributed by atoms with E-state index in [9.17, 15) is 0 Å². The topological polar surface area (TPSA) is 12.5 Å². The molecule has 58 valence electrons. The van der Waals surface area contributed by atoms with Crippen molar-refractivity contribution < 1.29 is 4.74 Å². The first-order chi connectivity index (χ1) is 4.37. The van der Waals surface area contributed by atoms with Crippen molar-refractivity contribution in [1.29, 1.82) is 0 Å². The van der Waals surface area contributed by atoms with Gasteiger partial charge in [-0.15, -0.1) is 12.6 Å². The molecule has 10 heavy (non-hydrogen) atoms. The lowest BCUT2D eigenvalue weighted by atomic mass is 10.1. The number of rotatable bonds is 2. The Balaban J connectivity index is 2.52. The van der Waals surface area contributed by atoms with Gasteiger partial charge in [0, 0.05) is 10.6 Å². The van der Waals surface area contributed by atoms with Gasteiger partial charge in [-0.05, 0) is 13.8 Å². The Morgan fingerprint density at radius 2 is 2.10 bits per heavy atom. The molecule has 0 aromatic carbocycles. The van der Waals surface area contributed by atoms with Crippen LogP contribution < -0.4 is 0 Å². The van der Waals surface area contributed by atoms with E-state index >= 15 is 0 Å². The number of hydrogen-bond donors (Lipinski definition) is 1. The van der Waals surface area contributed by atoms with Crippen LogP contribution in [0.1, 0.15) is 20.3 Å². The second-order valence-electron chi connectivity index (χ2n) is 2.91. The van der Waals surface area contributed by atoms with E-state index in [1.807, 2.05) is 13.8 Å². The predicted octanol–water partition coefficient (Wildman–Crippen LogP) is 2.38. The van der Waals surface area contributed by atoms with Crippen LogP contribution in [0.15, 0.2) is 0 Å². The zero-order valence-corrected chi connectivity index (χ0v) is 8.32. The molecule has 4 heteroatoms. The number of alkyl halides is 1. The molecule has 0 amide bonds. The van der Waals surface area contributed by atoms with Crippen molar-refractivity contribution in [3.63, 3.8) is 0 Å². The summed E-state index contributed by atoms with van der Waals surface area (Å²) in [5, 5.41) is -0.578. The minimum atomic E-state index is -0.578. The van der Waals surface area contributed by atoms with Crippen molar-refractivity contribution in [2.24, 2.45) is 0 Å². The molecule has 1 atom stereocenters. The highest BCUT2D eigenvalue weighted by molar-refractivity contribution is 8.11. The van der Waals surface area contributed by atoms with Crippen molar-refractivity contribution in [3.05, 3.63) is 0 Å². The Hall–Kier alpha value is 0.690. The van der Waals surface area contributed by atoms with Crippen LogP contribution in [0.2, 0.25) is 0 Å². The number of ether oxygens (including phenoxy) is 1. The molecule has 0 spiro atoms. The van der Waals surface area contributed by atoms with Gasteiger partial charge in [-0.2, -0.15) is 0 Å². The summed E-state index contributed by atoms with van der Waals surface area (Å²) in [5.74, 6) is 0. The SMILES string of the molecule is CC1(C)OC1(Cl)CC(=S)S. The molecule has 1 rings (SSSR count). The average Bonchev–Trinajstić information content (AvgIpc) is 2.01. The molecular formula is C6H9ClOS2. The quantitative estimate of drug-likeness (QED) is 0.315. The van der Waals surface area contributed by atoms with Crippen molar-refractivity contribution >= 4 is 40.6 Å². The summed E-state index contributed by atoms with van der Waals surface area (Å²) in [7, 11) is 0. The van der Waals surface area contributed by atoms with E-state index in [0.717, 1.165) is 0 Å². The summed E-state index contributed by atoms with van der Waals surface area (Å²) in [4.78, 5) is 0. The minimum absolute atomic E-state index is 0.235. The fourth-order valence-electron chi connectivity index (χ4n) is 0.822. The monoisotopic (exact) mass is 196 g/mol. The summed E-state index contributed by atoms with van der Waals surface area (Å²) in [6, 6.07) is 0. The first-order valence-corrected chi connectivity index (χ1v) is 4.22. The summed E-state index contributed by atoms with van der Waals surface area (Å²) in [5.41, 5.74) is -0.235. The van der Waals surface area contributed by atoms with Crippen molar-refractivity contribution in [2.75, 3.05) is 0 Å². The summed E-state index contributed by atoms with van der Waals surface area (Å²) in [6.07, 6.45) is 0.542. The van der Waals surface area contributed by atoms with E-state index < -0.39 is 5.06 Å². The summed E-state index contributed by atoms with van der Waals surface area (Å²) in [6.45, 7) is 3.87. The predicted molar refractivity (Wildman–Crippen MR) is 49.9 cm³/mol. The van der Waals surface area contributed by atoms with Gasteiger partial charge in [0.25, 0.3) is 0 Å². The van der Waals surface area contributed by atoms with Gasteiger partial charge in [0.2, 0.25) is 0 Å². The van der Waals surface area contributed by atoms with E-state index in [-0.39, 0.29) is 5.60 Å². The highest BCUT2D eigenvalue weighted by atomic mass is 35.5. The highest BCUT2D eigenvalue weighted by Gasteiger charge is 2.62.